The van der Waals surface area contributed by atoms with Crippen molar-refractivity contribution in [1.29, 1.82) is 0 Å². The van der Waals surface area contributed by atoms with Crippen LogP contribution in [-0.2, 0) is 4.79 Å². The van der Waals surface area contributed by atoms with Crippen molar-refractivity contribution in [1.82, 2.24) is 0 Å². The molecule has 0 radical (unpaired) electrons. The first-order valence-electron chi connectivity index (χ1n) is 4.72. The molecule has 16 heavy (non-hydrogen) atoms. The van der Waals surface area contributed by atoms with Gasteiger partial charge in [-0.25, -0.2) is 4.79 Å². The Balaban J connectivity index is 2.95. The lowest BCUT2D eigenvalue weighted by Crippen LogP contribution is -2.26. The Morgan fingerprint density at radius 2 is 2.31 bits per heavy atom. The molecule has 0 saturated carbocycles. The summed E-state index contributed by atoms with van der Waals surface area (Å²) < 4.78 is 5.21. The molecule has 0 unspecified atom stereocenters. The Morgan fingerprint density at radius 3 is 2.81 bits per heavy atom. The van der Waals surface area contributed by atoms with Crippen molar-refractivity contribution in [3.63, 3.8) is 0 Å². The van der Waals surface area contributed by atoms with Gasteiger partial charge in [-0.2, -0.15) is 0 Å². The molecule has 1 N–H and O–H groups in total. The summed E-state index contributed by atoms with van der Waals surface area (Å²) in [5.41, 5.74) is 0.243. The zero-order valence-corrected chi connectivity index (χ0v) is 9.40. The zero-order valence-electron chi connectivity index (χ0n) is 8.64. The van der Waals surface area contributed by atoms with Crippen LogP contribution in [0.4, 0.5) is 0 Å². The first-order valence-corrected chi connectivity index (χ1v) is 5.10. The monoisotopic (exact) mass is 242 g/mol. The number of aldehydes is 1. The van der Waals surface area contributed by atoms with Crippen molar-refractivity contribution in [2.75, 3.05) is 0 Å². The van der Waals surface area contributed by atoms with Crippen LogP contribution in [0.5, 0.6) is 5.75 Å². The van der Waals surface area contributed by atoms with Crippen LogP contribution < -0.4 is 4.74 Å². The number of hydrogen-bond acceptors (Lipinski definition) is 3. The summed E-state index contributed by atoms with van der Waals surface area (Å²) >= 11 is 5.70. The standard InChI is InChI=1S/C11H11ClO4/c1-2-9(11(14)15)16-10-4-3-8(12)5-7(10)6-13/h3-6,9H,2H2,1H3,(H,14,15)/t9-/m1/s1. The molecular formula is C11H11ClO4. The van der Waals surface area contributed by atoms with Gasteiger partial charge in [0.15, 0.2) is 12.4 Å². The summed E-state index contributed by atoms with van der Waals surface area (Å²) in [7, 11) is 0. The SMILES string of the molecule is CC[C@@H](Oc1ccc(Cl)cc1C=O)C(=O)O. The van der Waals surface area contributed by atoms with Crippen molar-refractivity contribution >= 4 is 23.9 Å². The van der Waals surface area contributed by atoms with Gasteiger partial charge in [-0.3, -0.25) is 4.79 Å². The molecule has 1 aromatic carbocycles. The third kappa shape index (κ3) is 2.97. The molecule has 0 spiro atoms. The normalized spacial score (nSPS) is 11.9. The van der Waals surface area contributed by atoms with E-state index in [0.717, 1.165) is 0 Å². The molecule has 0 aromatic heterocycles. The molecule has 0 bridgehead atoms. The van der Waals surface area contributed by atoms with E-state index < -0.39 is 12.1 Å². The molecule has 0 aliphatic rings. The molecule has 0 heterocycles. The number of carboxylic acids is 1. The van der Waals surface area contributed by atoms with Gasteiger partial charge in [0.25, 0.3) is 0 Å². The van der Waals surface area contributed by atoms with Crippen LogP contribution >= 0.6 is 11.6 Å². The summed E-state index contributed by atoms with van der Waals surface area (Å²) in [6.45, 7) is 1.69. The van der Waals surface area contributed by atoms with E-state index in [0.29, 0.717) is 17.7 Å². The van der Waals surface area contributed by atoms with Crippen molar-refractivity contribution in [2.24, 2.45) is 0 Å². The highest BCUT2D eigenvalue weighted by Gasteiger charge is 2.18. The molecule has 0 amide bonds. The molecule has 1 atom stereocenters. The van der Waals surface area contributed by atoms with Gasteiger partial charge in [0.1, 0.15) is 5.75 Å². The Bertz CT molecular complexity index is 403. The summed E-state index contributed by atoms with van der Waals surface area (Å²) in [6, 6.07) is 4.45. The first kappa shape index (κ1) is 12.5. The number of ether oxygens (including phenoxy) is 1. The highest BCUT2D eigenvalue weighted by Crippen LogP contribution is 2.22. The maximum absolute atomic E-state index is 10.8. The van der Waals surface area contributed by atoms with Crippen LogP contribution in [0.15, 0.2) is 18.2 Å². The quantitative estimate of drug-likeness (QED) is 0.806. The molecule has 0 aliphatic heterocycles. The average molecular weight is 243 g/mol. The minimum absolute atomic E-state index is 0.230. The summed E-state index contributed by atoms with van der Waals surface area (Å²) in [4.78, 5) is 21.5. The van der Waals surface area contributed by atoms with Gasteiger partial charge in [-0.05, 0) is 24.6 Å². The fourth-order valence-electron chi connectivity index (χ4n) is 1.18. The second kappa shape index (κ2) is 5.51. The highest BCUT2D eigenvalue weighted by molar-refractivity contribution is 6.30. The van der Waals surface area contributed by atoms with Gasteiger partial charge in [-0.15, -0.1) is 0 Å². The number of halogens is 1. The molecule has 1 aromatic rings. The summed E-state index contributed by atoms with van der Waals surface area (Å²) in [5.74, 6) is -0.831. The molecule has 5 heteroatoms. The van der Waals surface area contributed by atoms with E-state index in [1.807, 2.05) is 0 Å². The van der Waals surface area contributed by atoms with Crippen molar-refractivity contribution < 1.29 is 19.4 Å². The van der Waals surface area contributed by atoms with Gasteiger partial charge in [0.05, 0.1) is 5.56 Å². The number of hydrogen-bond donors (Lipinski definition) is 1. The van der Waals surface area contributed by atoms with Crippen LogP contribution in [0.1, 0.15) is 23.7 Å². The predicted octanol–water partition coefficient (Wildman–Crippen LogP) is 2.39. The largest absolute Gasteiger partial charge is 0.479 e. The number of carbonyl (C=O) groups excluding carboxylic acids is 1. The minimum atomic E-state index is -1.06. The van der Waals surface area contributed by atoms with E-state index in [-0.39, 0.29) is 11.3 Å². The van der Waals surface area contributed by atoms with Crippen molar-refractivity contribution in [3.8, 4) is 5.75 Å². The molecule has 0 saturated heterocycles. The second-order valence-electron chi connectivity index (χ2n) is 3.15. The number of rotatable bonds is 5. The molecule has 0 fully saturated rings. The minimum Gasteiger partial charge on any atom is -0.479 e. The molecule has 1 rings (SSSR count). The number of benzene rings is 1. The Morgan fingerprint density at radius 1 is 1.62 bits per heavy atom. The Kier molecular flexibility index (Phi) is 4.31. The number of aliphatic carboxylic acids is 1. The van der Waals surface area contributed by atoms with Crippen LogP contribution in [-0.4, -0.2) is 23.5 Å². The smallest absolute Gasteiger partial charge is 0.344 e. The molecule has 0 aliphatic carbocycles. The predicted molar refractivity (Wildman–Crippen MR) is 59.2 cm³/mol. The van der Waals surface area contributed by atoms with E-state index in [9.17, 15) is 9.59 Å². The van der Waals surface area contributed by atoms with Crippen LogP contribution in [0.3, 0.4) is 0 Å². The highest BCUT2D eigenvalue weighted by atomic mass is 35.5. The zero-order chi connectivity index (χ0) is 12.1. The lowest BCUT2D eigenvalue weighted by Gasteiger charge is -2.14. The van der Waals surface area contributed by atoms with Crippen LogP contribution in [0.25, 0.3) is 0 Å². The summed E-state index contributed by atoms with van der Waals surface area (Å²) in [5, 5.41) is 9.21. The fourth-order valence-corrected chi connectivity index (χ4v) is 1.36. The van der Waals surface area contributed by atoms with Crippen molar-refractivity contribution in [2.45, 2.75) is 19.4 Å². The van der Waals surface area contributed by atoms with Crippen LogP contribution in [0, 0.1) is 0 Å². The molecule has 4 nitrogen and oxygen atoms in total. The van der Waals surface area contributed by atoms with Gasteiger partial charge in [0, 0.05) is 5.02 Å². The third-order valence-corrected chi connectivity index (χ3v) is 2.25. The maximum atomic E-state index is 10.8. The Labute approximate surface area is 97.8 Å². The van der Waals surface area contributed by atoms with Gasteiger partial charge in [-0.1, -0.05) is 18.5 Å². The van der Waals surface area contributed by atoms with Gasteiger partial charge >= 0.3 is 5.97 Å². The first-order chi connectivity index (χ1) is 7.58. The third-order valence-electron chi connectivity index (χ3n) is 2.01. The van der Waals surface area contributed by atoms with Crippen LogP contribution in [0.2, 0.25) is 5.02 Å². The fraction of sp³-hybridized carbons (Fsp3) is 0.273. The average Bonchev–Trinajstić information content (AvgIpc) is 2.26. The number of carbonyl (C=O) groups is 2. The van der Waals surface area contributed by atoms with E-state index >= 15 is 0 Å². The van der Waals surface area contributed by atoms with E-state index in [4.69, 9.17) is 21.4 Å². The lowest BCUT2D eigenvalue weighted by atomic mass is 10.2. The molecular weight excluding hydrogens is 232 g/mol. The van der Waals surface area contributed by atoms with E-state index in [2.05, 4.69) is 0 Å². The lowest BCUT2D eigenvalue weighted by molar-refractivity contribution is -0.145. The second-order valence-corrected chi connectivity index (χ2v) is 3.59. The number of carboxylic acid groups (broad SMARTS) is 1. The van der Waals surface area contributed by atoms with Gasteiger partial charge < -0.3 is 9.84 Å². The Hall–Kier alpha value is -1.55. The van der Waals surface area contributed by atoms with Gasteiger partial charge in [0.2, 0.25) is 0 Å². The maximum Gasteiger partial charge on any atom is 0.344 e. The summed E-state index contributed by atoms with van der Waals surface area (Å²) in [6.07, 6.45) is -0.0636. The molecule has 86 valence electrons. The topological polar surface area (TPSA) is 63.6 Å². The van der Waals surface area contributed by atoms with Crippen molar-refractivity contribution in [3.05, 3.63) is 28.8 Å². The van der Waals surface area contributed by atoms with E-state index in [1.54, 1.807) is 13.0 Å². The van der Waals surface area contributed by atoms with E-state index in [1.165, 1.54) is 12.1 Å².